The molecule has 0 atom stereocenters. The molecule has 1 heterocycles. The first-order valence-corrected chi connectivity index (χ1v) is 7.60. The summed E-state index contributed by atoms with van der Waals surface area (Å²) in [6.45, 7) is 5.74. The molecule has 1 aromatic carbocycles. The maximum Gasteiger partial charge on any atom is 0.319 e. The Labute approximate surface area is 135 Å². The van der Waals surface area contributed by atoms with E-state index in [9.17, 15) is 4.79 Å². The highest BCUT2D eigenvalue weighted by Crippen LogP contribution is 2.08. The zero-order chi connectivity index (χ0) is 16.5. The van der Waals surface area contributed by atoms with Crippen LogP contribution in [0.15, 0.2) is 36.4 Å². The summed E-state index contributed by atoms with van der Waals surface area (Å²) >= 11 is 0. The number of nitrogens with zero attached hydrogens (tertiary/aromatic N) is 2. The second-order valence-electron chi connectivity index (χ2n) is 4.92. The van der Waals surface area contributed by atoms with E-state index in [0.29, 0.717) is 19.0 Å². The van der Waals surface area contributed by atoms with Gasteiger partial charge in [-0.3, -0.25) is 0 Å². The van der Waals surface area contributed by atoms with Gasteiger partial charge >= 0.3 is 6.03 Å². The molecule has 0 radical (unpaired) electrons. The minimum absolute atomic E-state index is 0.239. The van der Waals surface area contributed by atoms with Crippen LogP contribution in [-0.2, 0) is 0 Å². The zero-order valence-corrected chi connectivity index (χ0v) is 13.4. The van der Waals surface area contributed by atoms with E-state index in [1.165, 1.54) is 0 Å². The molecule has 7 nitrogen and oxygen atoms in total. The molecule has 2 amide bonds. The molecule has 4 N–H and O–H groups in total. The van der Waals surface area contributed by atoms with Gasteiger partial charge < -0.3 is 21.3 Å². The van der Waals surface area contributed by atoms with Crippen molar-refractivity contribution in [1.29, 1.82) is 0 Å². The summed E-state index contributed by atoms with van der Waals surface area (Å²) in [5.74, 6) is 1.34. The third-order valence-corrected chi connectivity index (χ3v) is 2.94. The zero-order valence-electron chi connectivity index (χ0n) is 13.4. The molecule has 0 fully saturated rings. The number of nitrogens with one attached hydrogen (secondary N) is 4. The van der Waals surface area contributed by atoms with Crippen LogP contribution in [0.25, 0.3) is 0 Å². The van der Waals surface area contributed by atoms with Crippen molar-refractivity contribution >= 4 is 23.5 Å². The Morgan fingerprint density at radius 2 is 1.87 bits per heavy atom. The van der Waals surface area contributed by atoms with E-state index in [1.54, 1.807) is 0 Å². The normalized spacial score (nSPS) is 10.0. The number of aromatic nitrogens is 2. The average Bonchev–Trinajstić information content (AvgIpc) is 2.52. The van der Waals surface area contributed by atoms with Gasteiger partial charge in [-0.2, -0.15) is 4.98 Å². The highest BCUT2D eigenvalue weighted by molar-refractivity contribution is 5.89. The fourth-order valence-electron chi connectivity index (χ4n) is 1.97. The van der Waals surface area contributed by atoms with E-state index in [1.807, 2.05) is 50.2 Å². The van der Waals surface area contributed by atoms with E-state index >= 15 is 0 Å². The topological polar surface area (TPSA) is 91.0 Å². The van der Waals surface area contributed by atoms with Crippen molar-refractivity contribution in [2.45, 2.75) is 13.8 Å². The number of para-hydroxylation sites is 1. The third kappa shape index (κ3) is 5.82. The summed E-state index contributed by atoms with van der Waals surface area (Å²) in [6, 6.07) is 11.0. The van der Waals surface area contributed by atoms with E-state index in [0.717, 1.165) is 23.7 Å². The molecular weight excluding hydrogens is 292 g/mol. The molecule has 0 unspecified atom stereocenters. The first-order valence-electron chi connectivity index (χ1n) is 7.60. The number of amides is 2. The van der Waals surface area contributed by atoms with Crippen LogP contribution in [0.3, 0.4) is 0 Å². The van der Waals surface area contributed by atoms with Gasteiger partial charge in [0, 0.05) is 37.1 Å². The molecule has 0 aliphatic rings. The molecule has 23 heavy (non-hydrogen) atoms. The Morgan fingerprint density at radius 3 is 2.61 bits per heavy atom. The summed E-state index contributed by atoms with van der Waals surface area (Å²) in [7, 11) is 0. The largest absolute Gasteiger partial charge is 0.370 e. The lowest BCUT2D eigenvalue weighted by molar-refractivity contribution is 0.252. The Hall–Kier alpha value is -2.83. The number of hydrogen-bond acceptors (Lipinski definition) is 5. The predicted octanol–water partition coefficient (Wildman–Crippen LogP) is 2.45. The number of carbonyl (C=O) groups excluding carboxylic acids is 1. The molecule has 0 saturated heterocycles. The second-order valence-corrected chi connectivity index (χ2v) is 4.92. The fourth-order valence-corrected chi connectivity index (χ4v) is 1.97. The first kappa shape index (κ1) is 16.5. The Morgan fingerprint density at radius 1 is 1.09 bits per heavy atom. The van der Waals surface area contributed by atoms with Crippen LogP contribution in [-0.4, -0.2) is 35.6 Å². The fraction of sp³-hybridized carbons (Fsp3) is 0.312. The second kappa shape index (κ2) is 8.57. The third-order valence-electron chi connectivity index (χ3n) is 2.94. The van der Waals surface area contributed by atoms with Gasteiger partial charge in [0.05, 0.1) is 0 Å². The highest BCUT2D eigenvalue weighted by Gasteiger charge is 2.02. The number of benzene rings is 1. The molecule has 1 aromatic heterocycles. The standard InChI is InChI=1S/C16H22N6O/c1-3-17-14-11-12(2)20-15(22-14)18-9-10-19-16(23)21-13-7-5-4-6-8-13/h4-8,11H,3,9-10H2,1-2H3,(H2,19,21,23)(H2,17,18,20,22). The summed E-state index contributed by atoms with van der Waals surface area (Å²) < 4.78 is 0. The quantitative estimate of drug-likeness (QED) is 0.589. The molecule has 122 valence electrons. The van der Waals surface area contributed by atoms with Crippen molar-refractivity contribution in [1.82, 2.24) is 15.3 Å². The Kier molecular flexibility index (Phi) is 6.17. The van der Waals surface area contributed by atoms with E-state index in [-0.39, 0.29) is 6.03 Å². The maximum atomic E-state index is 11.7. The van der Waals surface area contributed by atoms with Gasteiger partial charge in [0.25, 0.3) is 0 Å². The number of urea groups is 1. The molecule has 0 saturated carbocycles. The number of rotatable bonds is 7. The summed E-state index contributed by atoms with van der Waals surface area (Å²) in [5, 5.41) is 11.8. The van der Waals surface area contributed by atoms with Crippen LogP contribution in [0.5, 0.6) is 0 Å². The summed E-state index contributed by atoms with van der Waals surface area (Å²) in [4.78, 5) is 20.4. The molecule has 0 aliphatic heterocycles. The number of anilines is 3. The van der Waals surface area contributed by atoms with Gasteiger partial charge in [-0.25, -0.2) is 9.78 Å². The number of aryl methyl sites for hydroxylation is 1. The molecule has 2 rings (SSSR count). The van der Waals surface area contributed by atoms with E-state index < -0.39 is 0 Å². The van der Waals surface area contributed by atoms with Gasteiger partial charge in [-0.1, -0.05) is 18.2 Å². The van der Waals surface area contributed by atoms with Crippen LogP contribution < -0.4 is 21.3 Å². The average molecular weight is 314 g/mol. The minimum Gasteiger partial charge on any atom is -0.370 e. The van der Waals surface area contributed by atoms with Crippen LogP contribution >= 0.6 is 0 Å². The molecule has 7 heteroatoms. The smallest absolute Gasteiger partial charge is 0.319 e. The van der Waals surface area contributed by atoms with Crippen molar-refractivity contribution in [2.75, 3.05) is 35.6 Å². The van der Waals surface area contributed by atoms with Crippen molar-refractivity contribution in [3.05, 3.63) is 42.1 Å². The summed E-state index contributed by atoms with van der Waals surface area (Å²) in [6.07, 6.45) is 0. The lowest BCUT2D eigenvalue weighted by Gasteiger charge is -2.10. The van der Waals surface area contributed by atoms with Crippen molar-refractivity contribution in [3.8, 4) is 0 Å². The van der Waals surface area contributed by atoms with Gasteiger partial charge in [0.1, 0.15) is 5.82 Å². The first-order chi connectivity index (χ1) is 11.2. The van der Waals surface area contributed by atoms with Crippen LogP contribution in [0, 0.1) is 6.92 Å². The Balaban J connectivity index is 1.73. The van der Waals surface area contributed by atoms with Gasteiger partial charge in [-0.15, -0.1) is 0 Å². The van der Waals surface area contributed by atoms with Crippen LogP contribution in [0.1, 0.15) is 12.6 Å². The maximum absolute atomic E-state index is 11.7. The SMILES string of the molecule is CCNc1cc(C)nc(NCCNC(=O)Nc2ccccc2)n1. The lowest BCUT2D eigenvalue weighted by Crippen LogP contribution is -2.32. The number of hydrogen-bond donors (Lipinski definition) is 4. The Bertz CT molecular complexity index is 632. The minimum atomic E-state index is -0.239. The van der Waals surface area contributed by atoms with Gasteiger partial charge in [0.15, 0.2) is 0 Å². The summed E-state index contributed by atoms with van der Waals surface area (Å²) in [5.41, 5.74) is 1.64. The van der Waals surface area contributed by atoms with Gasteiger partial charge in [0.2, 0.25) is 5.95 Å². The van der Waals surface area contributed by atoms with E-state index in [4.69, 9.17) is 0 Å². The molecule has 0 spiro atoms. The monoisotopic (exact) mass is 314 g/mol. The molecular formula is C16H22N6O. The van der Waals surface area contributed by atoms with E-state index in [2.05, 4.69) is 31.2 Å². The molecule has 2 aromatic rings. The van der Waals surface area contributed by atoms with Crippen molar-refractivity contribution in [2.24, 2.45) is 0 Å². The van der Waals surface area contributed by atoms with Gasteiger partial charge in [-0.05, 0) is 26.0 Å². The molecule has 0 aliphatic carbocycles. The molecule has 0 bridgehead atoms. The predicted molar refractivity (Wildman–Crippen MR) is 92.9 cm³/mol. The van der Waals surface area contributed by atoms with Crippen molar-refractivity contribution in [3.63, 3.8) is 0 Å². The highest BCUT2D eigenvalue weighted by atomic mass is 16.2. The number of carbonyl (C=O) groups is 1. The van der Waals surface area contributed by atoms with Crippen LogP contribution in [0.4, 0.5) is 22.2 Å². The van der Waals surface area contributed by atoms with Crippen LogP contribution in [0.2, 0.25) is 0 Å². The lowest BCUT2D eigenvalue weighted by atomic mass is 10.3. The van der Waals surface area contributed by atoms with Crippen molar-refractivity contribution < 1.29 is 4.79 Å².